The van der Waals surface area contributed by atoms with E-state index in [0.29, 0.717) is 0 Å². The van der Waals surface area contributed by atoms with Gasteiger partial charge in [-0.2, -0.15) is 0 Å². The zero-order valence-corrected chi connectivity index (χ0v) is 5.60. The number of aliphatic imine (C=N–C) groups is 1. The average molecular weight is 133 g/mol. The van der Waals surface area contributed by atoms with Crippen LogP contribution in [-0.2, 0) is 0 Å². The van der Waals surface area contributed by atoms with Crippen LogP contribution < -0.4 is 0 Å². The molecule has 1 aliphatic heterocycles. The molecule has 1 atom stereocenters. The van der Waals surface area contributed by atoms with Crippen molar-refractivity contribution in [2.45, 2.75) is 12.4 Å². The van der Waals surface area contributed by atoms with E-state index in [1.807, 2.05) is 0 Å². The Hall–Kier alpha value is -0.240. The molecule has 1 rings (SSSR count). The number of likely N-dealkylation sites (N-methyl/N-ethyl adjacent to an activating group) is 1. The molecule has 3 heteroatoms. The van der Waals surface area contributed by atoms with E-state index in [0.717, 1.165) is 13.1 Å². The van der Waals surface area contributed by atoms with E-state index in [2.05, 4.69) is 16.8 Å². The minimum atomic E-state index is -0.00468. The van der Waals surface area contributed by atoms with E-state index < -0.39 is 0 Å². The van der Waals surface area contributed by atoms with Crippen LogP contribution in [0.1, 0.15) is 6.92 Å². The predicted octanol–water partition coefficient (Wildman–Crippen LogP) is 0.915. The molecule has 46 valence electrons. The van der Waals surface area contributed by atoms with Gasteiger partial charge < -0.3 is 4.90 Å². The molecule has 0 amide bonds. The standard InChI is InChI=1S/C5H9ClN2/c1-2-8-3-5(6)7-4-8/h4-5H,2-3H2,1H3. The van der Waals surface area contributed by atoms with E-state index >= 15 is 0 Å². The summed E-state index contributed by atoms with van der Waals surface area (Å²) >= 11 is 5.65. The summed E-state index contributed by atoms with van der Waals surface area (Å²) in [5, 5.41) is 0. The molecule has 0 saturated carbocycles. The van der Waals surface area contributed by atoms with Crippen molar-refractivity contribution < 1.29 is 0 Å². The Morgan fingerprint density at radius 1 is 2.00 bits per heavy atom. The first kappa shape index (κ1) is 5.89. The second-order valence-electron chi connectivity index (χ2n) is 1.79. The molecule has 1 unspecified atom stereocenters. The van der Waals surface area contributed by atoms with Gasteiger partial charge in [-0.15, -0.1) is 0 Å². The highest BCUT2D eigenvalue weighted by Crippen LogP contribution is 2.05. The van der Waals surface area contributed by atoms with Gasteiger partial charge in [0.1, 0.15) is 5.50 Å². The van der Waals surface area contributed by atoms with Gasteiger partial charge in [-0.05, 0) is 6.92 Å². The molecule has 0 N–H and O–H groups in total. The van der Waals surface area contributed by atoms with Gasteiger partial charge in [0.2, 0.25) is 0 Å². The van der Waals surface area contributed by atoms with Crippen LogP contribution in [0.2, 0.25) is 0 Å². The Morgan fingerprint density at radius 2 is 2.75 bits per heavy atom. The van der Waals surface area contributed by atoms with Gasteiger partial charge in [0.15, 0.2) is 0 Å². The molecule has 0 saturated heterocycles. The van der Waals surface area contributed by atoms with Crippen LogP contribution in [0.15, 0.2) is 4.99 Å². The summed E-state index contributed by atoms with van der Waals surface area (Å²) in [6.45, 7) is 3.96. The van der Waals surface area contributed by atoms with Gasteiger partial charge in [0, 0.05) is 6.54 Å². The van der Waals surface area contributed by atoms with Crippen LogP contribution in [0.3, 0.4) is 0 Å². The summed E-state index contributed by atoms with van der Waals surface area (Å²) in [4.78, 5) is 6.04. The lowest BCUT2D eigenvalue weighted by molar-refractivity contribution is 0.484. The molecule has 2 nitrogen and oxygen atoms in total. The summed E-state index contributed by atoms with van der Waals surface area (Å²) in [6.07, 6.45) is 1.80. The maximum Gasteiger partial charge on any atom is 0.142 e. The van der Waals surface area contributed by atoms with Crippen molar-refractivity contribution in [2.24, 2.45) is 4.99 Å². The van der Waals surface area contributed by atoms with Gasteiger partial charge in [0.25, 0.3) is 0 Å². The molecule has 1 aliphatic rings. The fraction of sp³-hybridized carbons (Fsp3) is 0.800. The summed E-state index contributed by atoms with van der Waals surface area (Å²) in [5.74, 6) is 0. The molecule has 0 bridgehead atoms. The fourth-order valence-corrected chi connectivity index (χ4v) is 0.893. The SMILES string of the molecule is CCN1C=NC(Cl)C1. The lowest BCUT2D eigenvalue weighted by Gasteiger charge is -2.08. The Kier molecular flexibility index (Phi) is 1.73. The number of alkyl halides is 1. The molecule has 0 spiro atoms. The van der Waals surface area contributed by atoms with Gasteiger partial charge in [0.05, 0.1) is 12.9 Å². The molecule has 0 radical (unpaired) electrons. The second-order valence-corrected chi connectivity index (χ2v) is 2.29. The molecule has 1 heterocycles. The third-order valence-corrected chi connectivity index (χ3v) is 1.43. The van der Waals surface area contributed by atoms with Crippen molar-refractivity contribution in [1.82, 2.24) is 4.90 Å². The molecule has 0 aromatic rings. The summed E-state index contributed by atoms with van der Waals surface area (Å²) < 4.78 is 0. The molecule has 0 aliphatic carbocycles. The van der Waals surface area contributed by atoms with Gasteiger partial charge in [-0.25, -0.2) is 0 Å². The Morgan fingerprint density at radius 3 is 3.00 bits per heavy atom. The Labute approximate surface area is 54.2 Å². The van der Waals surface area contributed by atoms with Gasteiger partial charge in [-0.1, -0.05) is 11.6 Å². The van der Waals surface area contributed by atoms with E-state index in [-0.39, 0.29) is 5.50 Å². The topological polar surface area (TPSA) is 15.6 Å². The number of halogens is 1. The van der Waals surface area contributed by atoms with Crippen LogP contribution in [-0.4, -0.2) is 29.8 Å². The van der Waals surface area contributed by atoms with E-state index in [9.17, 15) is 0 Å². The Bertz CT molecular complexity index is 103. The monoisotopic (exact) mass is 132 g/mol. The predicted molar refractivity (Wildman–Crippen MR) is 35.4 cm³/mol. The van der Waals surface area contributed by atoms with Gasteiger partial charge >= 0.3 is 0 Å². The normalized spacial score (nSPS) is 27.2. The van der Waals surface area contributed by atoms with Crippen LogP contribution in [0, 0.1) is 0 Å². The number of rotatable bonds is 1. The average Bonchev–Trinajstić information content (AvgIpc) is 2.14. The minimum absolute atomic E-state index is 0.00468. The molecular formula is C5H9ClN2. The van der Waals surface area contributed by atoms with E-state index in [1.165, 1.54) is 0 Å². The molecule has 0 fully saturated rings. The third kappa shape index (κ3) is 1.13. The highest BCUT2D eigenvalue weighted by atomic mass is 35.5. The minimum Gasteiger partial charge on any atom is -0.360 e. The molecule has 0 aromatic heterocycles. The number of hydrogen-bond donors (Lipinski definition) is 0. The first-order valence-corrected chi connectivity index (χ1v) is 3.18. The van der Waals surface area contributed by atoms with Crippen molar-refractivity contribution in [3.05, 3.63) is 0 Å². The van der Waals surface area contributed by atoms with Crippen LogP contribution in [0.5, 0.6) is 0 Å². The molecule has 0 aromatic carbocycles. The number of hydrogen-bond acceptors (Lipinski definition) is 2. The first-order chi connectivity index (χ1) is 3.83. The van der Waals surface area contributed by atoms with Crippen molar-refractivity contribution in [3.8, 4) is 0 Å². The zero-order chi connectivity index (χ0) is 5.98. The zero-order valence-electron chi connectivity index (χ0n) is 4.84. The summed E-state index contributed by atoms with van der Waals surface area (Å²) in [5.41, 5.74) is -0.00468. The van der Waals surface area contributed by atoms with Crippen molar-refractivity contribution in [3.63, 3.8) is 0 Å². The number of nitrogens with zero attached hydrogens (tertiary/aromatic N) is 2. The lowest BCUT2D eigenvalue weighted by atomic mass is 10.6. The van der Waals surface area contributed by atoms with Crippen LogP contribution in [0.4, 0.5) is 0 Å². The largest absolute Gasteiger partial charge is 0.360 e. The van der Waals surface area contributed by atoms with Crippen LogP contribution >= 0.6 is 11.6 Å². The molecule has 8 heavy (non-hydrogen) atoms. The first-order valence-electron chi connectivity index (χ1n) is 2.74. The maximum atomic E-state index is 5.65. The van der Waals surface area contributed by atoms with Crippen molar-refractivity contribution in [2.75, 3.05) is 13.1 Å². The fourth-order valence-electron chi connectivity index (χ4n) is 0.665. The van der Waals surface area contributed by atoms with Crippen molar-refractivity contribution in [1.29, 1.82) is 0 Å². The van der Waals surface area contributed by atoms with E-state index in [4.69, 9.17) is 11.6 Å². The quantitative estimate of drug-likeness (QED) is 0.383. The smallest absolute Gasteiger partial charge is 0.142 e. The lowest BCUT2D eigenvalue weighted by Crippen LogP contribution is -2.20. The maximum absolute atomic E-state index is 5.65. The van der Waals surface area contributed by atoms with Gasteiger partial charge in [-0.3, -0.25) is 4.99 Å². The van der Waals surface area contributed by atoms with Crippen molar-refractivity contribution >= 4 is 17.9 Å². The molecular weight excluding hydrogens is 124 g/mol. The summed E-state index contributed by atoms with van der Waals surface area (Å²) in [6, 6.07) is 0. The third-order valence-electron chi connectivity index (χ3n) is 1.18. The second kappa shape index (κ2) is 2.35. The highest BCUT2D eigenvalue weighted by molar-refractivity contribution is 6.21. The highest BCUT2D eigenvalue weighted by Gasteiger charge is 2.10. The summed E-state index contributed by atoms with van der Waals surface area (Å²) in [7, 11) is 0. The van der Waals surface area contributed by atoms with Crippen LogP contribution in [0.25, 0.3) is 0 Å². The van der Waals surface area contributed by atoms with E-state index in [1.54, 1.807) is 6.34 Å². The Balaban J connectivity index is 2.34.